The SMILES string of the molecule is CC(=O)O.Cc1c(CN(C)C)c2ccccc2n1CCC(=O)O. The average Bonchev–Trinajstić information content (AvgIpc) is 2.69. The van der Waals surface area contributed by atoms with Gasteiger partial charge in [-0.05, 0) is 32.6 Å². The lowest BCUT2D eigenvalue weighted by Crippen LogP contribution is -2.12. The van der Waals surface area contributed by atoms with Gasteiger partial charge in [0.05, 0.1) is 6.42 Å². The van der Waals surface area contributed by atoms with Crippen LogP contribution in [0.4, 0.5) is 0 Å². The summed E-state index contributed by atoms with van der Waals surface area (Å²) in [5.41, 5.74) is 3.57. The maximum absolute atomic E-state index is 10.8. The van der Waals surface area contributed by atoms with Crippen molar-refractivity contribution in [1.82, 2.24) is 9.47 Å². The highest BCUT2D eigenvalue weighted by Crippen LogP contribution is 2.26. The summed E-state index contributed by atoms with van der Waals surface area (Å²) in [6, 6.07) is 8.20. The number of benzene rings is 1. The van der Waals surface area contributed by atoms with Crippen LogP contribution in [0.3, 0.4) is 0 Å². The Kier molecular flexibility index (Phi) is 6.78. The fourth-order valence-electron chi connectivity index (χ4n) is 2.51. The van der Waals surface area contributed by atoms with Gasteiger partial charge in [-0.3, -0.25) is 9.59 Å². The molecule has 0 spiro atoms. The molecule has 6 heteroatoms. The van der Waals surface area contributed by atoms with E-state index >= 15 is 0 Å². The van der Waals surface area contributed by atoms with Gasteiger partial charge in [-0.2, -0.15) is 0 Å². The quantitative estimate of drug-likeness (QED) is 0.885. The average molecular weight is 320 g/mol. The number of carboxylic acid groups (broad SMARTS) is 2. The molecule has 0 aliphatic rings. The molecule has 0 saturated carbocycles. The van der Waals surface area contributed by atoms with Gasteiger partial charge in [0.2, 0.25) is 0 Å². The Bertz CT molecular complexity index is 685. The number of para-hydroxylation sites is 1. The Morgan fingerprint density at radius 1 is 1.17 bits per heavy atom. The molecule has 23 heavy (non-hydrogen) atoms. The van der Waals surface area contributed by atoms with Gasteiger partial charge in [0.25, 0.3) is 5.97 Å². The number of aromatic nitrogens is 1. The van der Waals surface area contributed by atoms with Gasteiger partial charge in [0.15, 0.2) is 0 Å². The van der Waals surface area contributed by atoms with E-state index in [2.05, 4.69) is 28.5 Å². The van der Waals surface area contributed by atoms with E-state index in [-0.39, 0.29) is 6.42 Å². The predicted molar refractivity (Wildman–Crippen MR) is 89.6 cm³/mol. The minimum absolute atomic E-state index is 0.154. The second-order valence-corrected chi connectivity index (χ2v) is 5.63. The zero-order valence-electron chi connectivity index (χ0n) is 14.0. The van der Waals surface area contributed by atoms with Crippen LogP contribution in [0.15, 0.2) is 24.3 Å². The summed E-state index contributed by atoms with van der Waals surface area (Å²) < 4.78 is 2.11. The molecule has 0 radical (unpaired) electrons. The lowest BCUT2D eigenvalue weighted by molar-refractivity contribution is -0.137. The molecular formula is C17H24N2O4. The zero-order valence-corrected chi connectivity index (χ0v) is 14.0. The molecule has 1 aromatic carbocycles. The van der Waals surface area contributed by atoms with E-state index in [0.717, 1.165) is 24.7 Å². The van der Waals surface area contributed by atoms with Crippen molar-refractivity contribution in [1.29, 1.82) is 0 Å². The second-order valence-electron chi connectivity index (χ2n) is 5.63. The Labute approximate surface area is 135 Å². The Hall–Kier alpha value is -2.34. The van der Waals surface area contributed by atoms with E-state index in [1.165, 1.54) is 10.9 Å². The van der Waals surface area contributed by atoms with E-state index < -0.39 is 11.9 Å². The van der Waals surface area contributed by atoms with Gasteiger partial charge in [0.1, 0.15) is 0 Å². The maximum atomic E-state index is 10.8. The Morgan fingerprint density at radius 2 is 1.74 bits per heavy atom. The normalized spacial score (nSPS) is 10.5. The first-order valence-corrected chi connectivity index (χ1v) is 7.36. The van der Waals surface area contributed by atoms with Crippen molar-refractivity contribution in [3.8, 4) is 0 Å². The van der Waals surface area contributed by atoms with Crippen LogP contribution in [0.5, 0.6) is 0 Å². The topological polar surface area (TPSA) is 82.8 Å². The molecule has 1 heterocycles. The van der Waals surface area contributed by atoms with Gasteiger partial charge in [0, 0.05) is 36.6 Å². The second kappa shape index (κ2) is 8.33. The van der Waals surface area contributed by atoms with Crippen molar-refractivity contribution in [2.45, 2.75) is 33.4 Å². The van der Waals surface area contributed by atoms with E-state index in [0.29, 0.717) is 6.54 Å². The van der Waals surface area contributed by atoms with E-state index in [9.17, 15) is 4.79 Å². The minimum atomic E-state index is -0.833. The fraction of sp³-hybridized carbons (Fsp3) is 0.412. The number of rotatable bonds is 5. The number of hydrogen-bond acceptors (Lipinski definition) is 3. The number of aryl methyl sites for hydroxylation is 1. The molecular weight excluding hydrogens is 296 g/mol. The Balaban J connectivity index is 0.000000593. The molecule has 2 aromatic rings. The van der Waals surface area contributed by atoms with Gasteiger partial charge in [-0.25, -0.2) is 0 Å². The van der Waals surface area contributed by atoms with Gasteiger partial charge >= 0.3 is 5.97 Å². The van der Waals surface area contributed by atoms with Crippen molar-refractivity contribution in [3.05, 3.63) is 35.5 Å². The molecule has 6 nitrogen and oxygen atoms in total. The molecule has 126 valence electrons. The summed E-state index contributed by atoms with van der Waals surface area (Å²) in [5, 5.41) is 17.5. The molecule has 0 fully saturated rings. The molecule has 0 aliphatic carbocycles. The Morgan fingerprint density at radius 3 is 2.26 bits per heavy atom. The van der Waals surface area contributed by atoms with Crippen molar-refractivity contribution in [2.75, 3.05) is 14.1 Å². The highest BCUT2D eigenvalue weighted by molar-refractivity contribution is 5.85. The number of carboxylic acids is 2. The van der Waals surface area contributed by atoms with E-state index in [1.807, 2.05) is 26.2 Å². The number of nitrogens with zero attached hydrogens (tertiary/aromatic N) is 2. The number of fused-ring (bicyclic) bond motifs is 1. The van der Waals surface area contributed by atoms with Gasteiger partial charge in [-0.1, -0.05) is 18.2 Å². The van der Waals surface area contributed by atoms with Crippen molar-refractivity contribution < 1.29 is 19.8 Å². The molecule has 0 aliphatic heterocycles. The van der Waals surface area contributed by atoms with E-state index in [1.54, 1.807) is 0 Å². The third-order valence-electron chi connectivity index (χ3n) is 3.39. The molecule has 0 atom stereocenters. The van der Waals surface area contributed by atoms with Crippen LogP contribution in [0.25, 0.3) is 10.9 Å². The predicted octanol–water partition coefficient (Wildman–Crippen LogP) is 2.58. The first-order valence-electron chi connectivity index (χ1n) is 7.36. The smallest absolute Gasteiger partial charge is 0.305 e. The number of aliphatic carboxylic acids is 2. The third-order valence-corrected chi connectivity index (χ3v) is 3.39. The third kappa shape index (κ3) is 5.41. The van der Waals surface area contributed by atoms with E-state index in [4.69, 9.17) is 15.0 Å². The van der Waals surface area contributed by atoms with Crippen LogP contribution in [0.1, 0.15) is 24.6 Å². The maximum Gasteiger partial charge on any atom is 0.305 e. The zero-order chi connectivity index (χ0) is 17.6. The van der Waals surface area contributed by atoms with Crippen molar-refractivity contribution in [2.24, 2.45) is 0 Å². The highest BCUT2D eigenvalue weighted by atomic mass is 16.4. The van der Waals surface area contributed by atoms with Crippen LogP contribution in [0, 0.1) is 6.92 Å². The van der Waals surface area contributed by atoms with Gasteiger partial charge in [-0.15, -0.1) is 0 Å². The molecule has 0 amide bonds. The first-order chi connectivity index (χ1) is 10.7. The van der Waals surface area contributed by atoms with Crippen LogP contribution in [0.2, 0.25) is 0 Å². The number of carbonyl (C=O) groups is 2. The summed E-state index contributed by atoms with van der Waals surface area (Å²) in [7, 11) is 4.09. The summed E-state index contributed by atoms with van der Waals surface area (Å²) in [4.78, 5) is 21.9. The monoisotopic (exact) mass is 320 g/mol. The van der Waals surface area contributed by atoms with Crippen LogP contribution < -0.4 is 0 Å². The van der Waals surface area contributed by atoms with Crippen molar-refractivity contribution >= 4 is 22.8 Å². The molecule has 0 unspecified atom stereocenters. The highest BCUT2D eigenvalue weighted by Gasteiger charge is 2.14. The molecule has 0 bridgehead atoms. The number of hydrogen-bond donors (Lipinski definition) is 2. The lowest BCUT2D eigenvalue weighted by atomic mass is 10.1. The molecule has 0 saturated heterocycles. The molecule has 2 N–H and O–H groups in total. The summed E-state index contributed by atoms with van der Waals surface area (Å²) in [6.45, 7) is 4.54. The van der Waals surface area contributed by atoms with Crippen LogP contribution in [-0.2, 0) is 22.7 Å². The summed E-state index contributed by atoms with van der Waals surface area (Å²) in [5.74, 6) is -1.59. The largest absolute Gasteiger partial charge is 0.481 e. The van der Waals surface area contributed by atoms with Crippen LogP contribution >= 0.6 is 0 Å². The first kappa shape index (κ1) is 18.7. The van der Waals surface area contributed by atoms with Gasteiger partial charge < -0.3 is 19.7 Å². The summed E-state index contributed by atoms with van der Waals surface area (Å²) >= 11 is 0. The fourth-order valence-corrected chi connectivity index (χ4v) is 2.51. The minimum Gasteiger partial charge on any atom is -0.481 e. The standard InChI is InChI=1S/C15H20N2O2.C2H4O2/c1-11-13(10-16(2)3)12-6-4-5-7-14(12)17(11)9-8-15(18)19;1-2(3)4/h4-7H,8-10H2,1-3H3,(H,18,19);1H3,(H,3,4). The lowest BCUT2D eigenvalue weighted by Gasteiger charge is -2.11. The summed E-state index contributed by atoms with van der Waals surface area (Å²) in [6.07, 6.45) is 0.154. The molecule has 2 rings (SSSR count). The molecule has 1 aromatic heterocycles. The van der Waals surface area contributed by atoms with Crippen molar-refractivity contribution in [3.63, 3.8) is 0 Å². The van der Waals surface area contributed by atoms with Crippen LogP contribution in [-0.4, -0.2) is 45.7 Å².